The Balaban J connectivity index is 1.51. The normalized spacial score (nSPS) is 28.7. The van der Waals surface area contributed by atoms with Crippen LogP contribution in [0.3, 0.4) is 0 Å². The average Bonchev–Trinajstić information content (AvgIpc) is 3.24. The van der Waals surface area contributed by atoms with Crippen LogP contribution in [-0.4, -0.2) is 38.9 Å². The van der Waals surface area contributed by atoms with Gasteiger partial charge in [0, 0.05) is 41.9 Å². The quantitative estimate of drug-likeness (QED) is 0.724. The molecule has 2 aromatic heterocycles. The van der Waals surface area contributed by atoms with E-state index in [1.807, 2.05) is 12.3 Å². The molecule has 1 N–H and O–H groups in total. The van der Waals surface area contributed by atoms with Crippen LogP contribution in [0.5, 0.6) is 0 Å². The van der Waals surface area contributed by atoms with E-state index in [2.05, 4.69) is 51.2 Å². The van der Waals surface area contributed by atoms with Crippen molar-refractivity contribution < 1.29 is 0 Å². The van der Waals surface area contributed by atoms with Crippen LogP contribution >= 0.6 is 0 Å². The largest absolute Gasteiger partial charge is 0.357 e. The van der Waals surface area contributed by atoms with E-state index in [9.17, 15) is 0 Å². The van der Waals surface area contributed by atoms with Crippen LogP contribution in [0, 0.1) is 0 Å². The molecule has 5 heterocycles. The number of H-pyrrole nitrogens is 1. The Morgan fingerprint density at radius 3 is 2.81 bits per heavy atom. The van der Waals surface area contributed by atoms with Gasteiger partial charge in [-0.05, 0) is 43.0 Å². The molecule has 2 unspecified atom stereocenters. The molecule has 2 saturated heterocycles. The Morgan fingerprint density at radius 1 is 0.962 bits per heavy atom. The lowest BCUT2D eigenvalue weighted by atomic mass is 9.90. The van der Waals surface area contributed by atoms with Crippen LogP contribution in [0.4, 0.5) is 0 Å². The van der Waals surface area contributed by atoms with Crippen molar-refractivity contribution in [2.24, 2.45) is 0 Å². The van der Waals surface area contributed by atoms with Gasteiger partial charge in [-0.15, -0.1) is 0 Å². The van der Waals surface area contributed by atoms with Crippen molar-refractivity contribution in [2.45, 2.75) is 43.9 Å². The highest BCUT2D eigenvalue weighted by atomic mass is 15.5. The summed E-state index contributed by atoms with van der Waals surface area (Å²) in [6.45, 7) is 2.31. The number of rotatable bonds is 1. The molecule has 26 heavy (non-hydrogen) atoms. The van der Waals surface area contributed by atoms with Gasteiger partial charge in [-0.25, -0.2) is 0 Å². The summed E-state index contributed by atoms with van der Waals surface area (Å²) < 4.78 is 0. The lowest BCUT2D eigenvalue weighted by Gasteiger charge is -2.34. The summed E-state index contributed by atoms with van der Waals surface area (Å²) >= 11 is 0. The molecular formula is C22H24N4. The number of hydrogen-bond acceptors (Lipinski definition) is 3. The molecule has 4 nitrogen and oxygen atoms in total. The summed E-state index contributed by atoms with van der Waals surface area (Å²) in [6, 6.07) is 16.2. The number of aromatic amines is 1. The Kier molecular flexibility index (Phi) is 3.25. The minimum Gasteiger partial charge on any atom is -0.357 e. The number of hydrogen-bond donors (Lipinski definition) is 1. The van der Waals surface area contributed by atoms with Crippen LogP contribution in [0.1, 0.15) is 48.4 Å². The summed E-state index contributed by atoms with van der Waals surface area (Å²) in [5.74, 6) is 0. The lowest BCUT2D eigenvalue weighted by molar-refractivity contribution is 0.0943. The fourth-order valence-electron chi connectivity index (χ4n) is 5.66. The molecule has 0 amide bonds. The third-order valence-electron chi connectivity index (χ3n) is 6.66. The molecule has 3 aromatic rings. The molecule has 4 heteroatoms. The number of aromatic nitrogens is 2. The molecular weight excluding hydrogens is 320 g/mol. The number of nitrogens with zero attached hydrogens (tertiary/aromatic N) is 3. The van der Waals surface area contributed by atoms with Gasteiger partial charge in [0.1, 0.15) is 6.17 Å². The first-order chi connectivity index (χ1) is 12.9. The van der Waals surface area contributed by atoms with Crippen LogP contribution in [0.15, 0.2) is 48.7 Å². The van der Waals surface area contributed by atoms with Crippen molar-refractivity contribution in [3.63, 3.8) is 0 Å². The zero-order chi connectivity index (χ0) is 17.1. The van der Waals surface area contributed by atoms with E-state index in [1.165, 1.54) is 48.1 Å². The van der Waals surface area contributed by atoms with Gasteiger partial charge in [0.2, 0.25) is 0 Å². The Hall–Kier alpha value is -2.17. The van der Waals surface area contributed by atoms with Crippen molar-refractivity contribution in [1.82, 2.24) is 19.8 Å². The van der Waals surface area contributed by atoms with Gasteiger partial charge in [-0.2, -0.15) is 0 Å². The predicted octanol–water partition coefficient (Wildman–Crippen LogP) is 4.03. The number of pyridine rings is 1. The minimum atomic E-state index is 0.325. The number of piperidine rings is 1. The highest BCUT2D eigenvalue weighted by molar-refractivity contribution is 5.85. The lowest BCUT2D eigenvalue weighted by Crippen LogP contribution is -2.38. The zero-order valence-electron chi connectivity index (χ0n) is 14.9. The Labute approximate surface area is 153 Å². The predicted molar refractivity (Wildman–Crippen MR) is 103 cm³/mol. The number of para-hydroxylation sites is 1. The Bertz CT molecular complexity index is 947. The Morgan fingerprint density at radius 2 is 1.88 bits per heavy atom. The zero-order valence-corrected chi connectivity index (χ0v) is 14.9. The van der Waals surface area contributed by atoms with Gasteiger partial charge in [0.15, 0.2) is 0 Å². The highest BCUT2D eigenvalue weighted by Gasteiger charge is 2.51. The summed E-state index contributed by atoms with van der Waals surface area (Å²) in [6.07, 6.45) is 7.33. The fraction of sp³-hybridized carbons (Fsp3) is 0.409. The van der Waals surface area contributed by atoms with E-state index in [-0.39, 0.29) is 0 Å². The van der Waals surface area contributed by atoms with E-state index >= 15 is 0 Å². The maximum atomic E-state index is 4.75. The average molecular weight is 344 g/mol. The van der Waals surface area contributed by atoms with Gasteiger partial charge in [0.05, 0.1) is 11.7 Å². The molecule has 6 rings (SSSR count). The number of benzene rings is 1. The highest BCUT2D eigenvalue weighted by Crippen LogP contribution is 2.51. The van der Waals surface area contributed by atoms with Gasteiger partial charge in [-0.1, -0.05) is 30.7 Å². The molecule has 3 aliphatic heterocycles. The fourth-order valence-corrected chi connectivity index (χ4v) is 5.66. The molecule has 0 aliphatic carbocycles. The first-order valence-corrected chi connectivity index (χ1v) is 9.94. The molecule has 0 bridgehead atoms. The van der Waals surface area contributed by atoms with Crippen LogP contribution in [0.25, 0.3) is 10.9 Å². The van der Waals surface area contributed by atoms with Crippen LogP contribution < -0.4 is 0 Å². The van der Waals surface area contributed by atoms with E-state index in [1.54, 1.807) is 5.56 Å². The van der Waals surface area contributed by atoms with Gasteiger partial charge in [0.25, 0.3) is 0 Å². The molecule has 1 aromatic carbocycles. The van der Waals surface area contributed by atoms with E-state index in [0.717, 1.165) is 13.0 Å². The molecule has 3 aliphatic rings. The smallest absolute Gasteiger partial charge is 0.107 e. The van der Waals surface area contributed by atoms with Crippen molar-refractivity contribution in [3.8, 4) is 0 Å². The molecule has 2 fully saturated rings. The maximum absolute atomic E-state index is 4.75. The third-order valence-corrected chi connectivity index (χ3v) is 6.66. The maximum Gasteiger partial charge on any atom is 0.107 e. The first kappa shape index (κ1) is 14.9. The molecule has 0 saturated carbocycles. The van der Waals surface area contributed by atoms with Crippen molar-refractivity contribution >= 4 is 10.9 Å². The summed E-state index contributed by atoms with van der Waals surface area (Å²) in [4.78, 5) is 14.0. The molecule has 132 valence electrons. The van der Waals surface area contributed by atoms with E-state index in [4.69, 9.17) is 4.98 Å². The topological polar surface area (TPSA) is 35.2 Å². The van der Waals surface area contributed by atoms with Crippen molar-refractivity contribution in [2.75, 3.05) is 13.1 Å². The van der Waals surface area contributed by atoms with Crippen LogP contribution in [0.2, 0.25) is 0 Å². The molecule has 0 radical (unpaired) electrons. The monoisotopic (exact) mass is 344 g/mol. The molecule has 3 atom stereocenters. The second-order valence-electron chi connectivity index (χ2n) is 7.92. The second-order valence-corrected chi connectivity index (χ2v) is 7.92. The van der Waals surface area contributed by atoms with Crippen molar-refractivity contribution in [1.29, 1.82) is 0 Å². The minimum absolute atomic E-state index is 0.325. The third kappa shape index (κ3) is 2.00. The van der Waals surface area contributed by atoms with E-state index < -0.39 is 0 Å². The standard InChI is InChI=1S/C22H24N4/c1-2-8-17-15(7-1)16-11-14-26-21(20(16)24-17)19-10-4-6-13-25(19)22(26)18-9-3-5-12-23-18/h1-3,5,7-9,12,19,21-22,24H,4,6,10-11,13-14H2/t19-,21?,22?/m1/s1. The van der Waals surface area contributed by atoms with Gasteiger partial charge >= 0.3 is 0 Å². The second kappa shape index (κ2) is 5.66. The SMILES string of the molecule is c1ccc(C2N3CCc4c([nH]c5ccccc45)C3[C@H]3CCCCN23)nc1. The summed E-state index contributed by atoms with van der Waals surface area (Å²) in [5, 5.41) is 1.42. The van der Waals surface area contributed by atoms with Crippen molar-refractivity contribution in [3.05, 3.63) is 65.6 Å². The summed E-state index contributed by atoms with van der Waals surface area (Å²) in [5.41, 5.74) is 5.52. The number of fused-ring (bicyclic) bond motifs is 7. The number of nitrogens with one attached hydrogen (secondary N) is 1. The molecule has 0 spiro atoms. The van der Waals surface area contributed by atoms with Gasteiger partial charge < -0.3 is 4.98 Å². The summed E-state index contributed by atoms with van der Waals surface area (Å²) in [7, 11) is 0. The van der Waals surface area contributed by atoms with Gasteiger partial charge in [-0.3, -0.25) is 14.8 Å². The first-order valence-electron chi connectivity index (χ1n) is 9.94. The van der Waals surface area contributed by atoms with Crippen LogP contribution in [-0.2, 0) is 6.42 Å². The van der Waals surface area contributed by atoms with E-state index in [0.29, 0.717) is 18.2 Å².